The fourth-order valence-corrected chi connectivity index (χ4v) is 5.24. The van der Waals surface area contributed by atoms with Crippen molar-refractivity contribution in [3.8, 4) is 11.5 Å². The minimum Gasteiger partial charge on any atom is -0.486 e. The number of benzene rings is 1. The first-order valence-corrected chi connectivity index (χ1v) is 10.7. The average molecular weight is 383 g/mol. The molecule has 1 spiro atoms. The predicted octanol–water partition coefficient (Wildman–Crippen LogP) is 4.18. The summed E-state index contributed by atoms with van der Waals surface area (Å²) < 4.78 is 17.3. The molecular formula is C22H29N3O3. The van der Waals surface area contributed by atoms with Gasteiger partial charge in [-0.2, -0.15) is 4.98 Å². The molecule has 1 aromatic heterocycles. The largest absolute Gasteiger partial charge is 0.486 e. The fourth-order valence-electron chi connectivity index (χ4n) is 5.24. The van der Waals surface area contributed by atoms with Crippen molar-refractivity contribution >= 4 is 0 Å². The predicted molar refractivity (Wildman–Crippen MR) is 105 cm³/mol. The third-order valence-corrected chi connectivity index (χ3v) is 6.67. The van der Waals surface area contributed by atoms with E-state index >= 15 is 0 Å². The summed E-state index contributed by atoms with van der Waals surface area (Å²) in [5.74, 6) is 3.34. The summed E-state index contributed by atoms with van der Waals surface area (Å²) in [6.07, 6.45) is 6.94. The molecule has 1 fully saturated rings. The van der Waals surface area contributed by atoms with Crippen LogP contribution in [-0.2, 0) is 18.4 Å². The summed E-state index contributed by atoms with van der Waals surface area (Å²) in [7, 11) is 0. The van der Waals surface area contributed by atoms with Gasteiger partial charge in [0, 0.05) is 24.4 Å². The van der Waals surface area contributed by atoms with Gasteiger partial charge in [0.25, 0.3) is 0 Å². The van der Waals surface area contributed by atoms with Crippen molar-refractivity contribution in [3.63, 3.8) is 0 Å². The van der Waals surface area contributed by atoms with Crippen molar-refractivity contribution in [2.24, 2.45) is 0 Å². The molecule has 0 unspecified atom stereocenters. The molecule has 6 nitrogen and oxygen atoms in total. The summed E-state index contributed by atoms with van der Waals surface area (Å²) in [5.41, 5.74) is 3.03. The van der Waals surface area contributed by atoms with Crippen LogP contribution in [0.4, 0.5) is 0 Å². The quantitative estimate of drug-likeness (QED) is 0.789. The molecule has 0 bridgehead atoms. The fraction of sp³-hybridized carbons (Fsp3) is 0.636. The second-order valence-corrected chi connectivity index (χ2v) is 8.51. The molecule has 1 aliphatic carbocycles. The minimum atomic E-state index is 0.198. The average Bonchev–Trinajstić information content (AvgIpc) is 3.36. The Kier molecular flexibility index (Phi) is 4.54. The zero-order chi connectivity index (χ0) is 19.1. The third kappa shape index (κ3) is 2.98. The number of aryl methyl sites for hydroxylation is 1. The molecule has 3 heterocycles. The van der Waals surface area contributed by atoms with E-state index < -0.39 is 0 Å². The number of hydrogen-bond donors (Lipinski definition) is 0. The van der Waals surface area contributed by atoms with Gasteiger partial charge in [-0.1, -0.05) is 24.9 Å². The first-order valence-electron chi connectivity index (χ1n) is 10.7. The highest BCUT2D eigenvalue weighted by molar-refractivity contribution is 5.53. The van der Waals surface area contributed by atoms with Crippen molar-refractivity contribution in [1.82, 2.24) is 15.0 Å². The van der Waals surface area contributed by atoms with Gasteiger partial charge in [0.1, 0.15) is 13.2 Å². The molecule has 150 valence electrons. The van der Waals surface area contributed by atoms with Crippen LogP contribution < -0.4 is 9.47 Å². The maximum atomic E-state index is 5.90. The molecule has 0 radical (unpaired) electrons. The Morgan fingerprint density at radius 3 is 2.64 bits per heavy atom. The molecule has 0 amide bonds. The van der Waals surface area contributed by atoms with E-state index in [0.717, 1.165) is 42.6 Å². The first kappa shape index (κ1) is 18.0. The number of aromatic nitrogens is 2. The molecule has 2 aromatic rings. The Balaban J connectivity index is 1.50. The van der Waals surface area contributed by atoms with E-state index in [1.54, 1.807) is 0 Å². The second kappa shape index (κ2) is 7.07. The van der Waals surface area contributed by atoms with Crippen LogP contribution >= 0.6 is 0 Å². The zero-order valence-electron chi connectivity index (χ0n) is 16.9. The van der Waals surface area contributed by atoms with Crippen LogP contribution in [0, 0.1) is 0 Å². The van der Waals surface area contributed by atoms with Gasteiger partial charge < -0.3 is 14.0 Å². The Hall–Kier alpha value is -2.08. The number of fused-ring (bicyclic) bond motifs is 3. The van der Waals surface area contributed by atoms with Crippen molar-refractivity contribution in [3.05, 3.63) is 35.0 Å². The van der Waals surface area contributed by atoms with Crippen LogP contribution in [0.1, 0.15) is 74.8 Å². The van der Waals surface area contributed by atoms with E-state index in [9.17, 15) is 0 Å². The van der Waals surface area contributed by atoms with Crippen LogP contribution in [0.2, 0.25) is 0 Å². The van der Waals surface area contributed by atoms with Crippen molar-refractivity contribution in [2.75, 3.05) is 19.8 Å². The Morgan fingerprint density at radius 2 is 1.89 bits per heavy atom. The van der Waals surface area contributed by atoms with Gasteiger partial charge in [-0.25, -0.2) is 0 Å². The molecule has 0 N–H and O–H groups in total. The lowest BCUT2D eigenvalue weighted by molar-refractivity contribution is 0.111. The van der Waals surface area contributed by atoms with E-state index in [4.69, 9.17) is 14.0 Å². The van der Waals surface area contributed by atoms with E-state index in [1.165, 1.54) is 36.8 Å². The second-order valence-electron chi connectivity index (χ2n) is 8.51. The number of nitrogens with zero attached hydrogens (tertiary/aromatic N) is 3. The van der Waals surface area contributed by atoms with Gasteiger partial charge in [0.2, 0.25) is 5.89 Å². The van der Waals surface area contributed by atoms with E-state index in [1.807, 2.05) is 0 Å². The molecular weight excluding hydrogens is 354 g/mol. The van der Waals surface area contributed by atoms with Crippen molar-refractivity contribution < 1.29 is 14.0 Å². The van der Waals surface area contributed by atoms with Crippen LogP contribution in [0.25, 0.3) is 0 Å². The van der Waals surface area contributed by atoms with Gasteiger partial charge in [0.15, 0.2) is 17.3 Å². The lowest BCUT2D eigenvalue weighted by atomic mass is 9.71. The van der Waals surface area contributed by atoms with Crippen molar-refractivity contribution in [1.29, 1.82) is 0 Å². The normalized spacial score (nSPS) is 23.1. The lowest BCUT2D eigenvalue weighted by Gasteiger charge is -2.46. The molecule has 28 heavy (non-hydrogen) atoms. The maximum Gasteiger partial charge on any atom is 0.240 e. The summed E-state index contributed by atoms with van der Waals surface area (Å²) in [6, 6.07) is 4.77. The van der Waals surface area contributed by atoms with Crippen LogP contribution in [0.15, 0.2) is 16.7 Å². The van der Waals surface area contributed by atoms with Gasteiger partial charge in [-0.15, -0.1) is 0 Å². The van der Waals surface area contributed by atoms with Crippen molar-refractivity contribution in [2.45, 2.75) is 70.4 Å². The van der Waals surface area contributed by atoms with Crippen LogP contribution in [0.5, 0.6) is 11.5 Å². The van der Waals surface area contributed by atoms with Crippen LogP contribution in [-0.4, -0.2) is 34.8 Å². The highest BCUT2D eigenvalue weighted by Gasteiger charge is 2.45. The maximum absolute atomic E-state index is 5.90. The van der Waals surface area contributed by atoms with E-state index in [0.29, 0.717) is 19.8 Å². The molecule has 6 heteroatoms. The van der Waals surface area contributed by atoms with E-state index in [-0.39, 0.29) is 11.5 Å². The summed E-state index contributed by atoms with van der Waals surface area (Å²) in [6.45, 7) is 7.41. The standard InChI is InChI=1S/C22H29N3O3/c1-3-6-20-23-21(28-24-20)13-25-14-22(7-4-5-8-22)17-12-19-18(26-9-10-27-19)11-16(17)15(25)2/h11-12,15H,3-10,13-14H2,1-2H3/t15-/m0/s1. The van der Waals surface area contributed by atoms with Gasteiger partial charge >= 0.3 is 0 Å². The number of ether oxygens (including phenoxy) is 2. The Labute approximate surface area is 166 Å². The molecule has 1 atom stereocenters. The highest BCUT2D eigenvalue weighted by Crippen LogP contribution is 2.52. The third-order valence-electron chi connectivity index (χ3n) is 6.67. The summed E-state index contributed by atoms with van der Waals surface area (Å²) in [5, 5.41) is 4.14. The number of rotatable bonds is 4. The first-order chi connectivity index (χ1) is 13.7. The van der Waals surface area contributed by atoms with Gasteiger partial charge in [-0.3, -0.25) is 4.90 Å². The van der Waals surface area contributed by atoms with Gasteiger partial charge in [0.05, 0.1) is 6.54 Å². The Bertz CT molecular complexity index is 857. The molecule has 0 saturated heterocycles. The SMILES string of the molecule is CCCc1noc(CN2CC3(CCCC3)c3cc4c(cc3[C@@H]2C)OCCO4)n1. The molecule has 2 aliphatic heterocycles. The topological polar surface area (TPSA) is 60.6 Å². The Morgan fingerprint density at radius 1 is 1.14 bits per heavy atom. The summed E-state index contributed by atoms with van der Waals surface area (Å²) >= 11 is 0. The van der Waals surface area contributed by atoms with Gasteiger partial charge in [-0.05, 0) is 49.4 Å². The van der Waals surface area contributed by atoms with Crippen LogP contribution in [0.3, 0.4) is 0 Å². The molecule has 5 rings (SSSR count). The summed E-state index contributed by atoms with van der Waals surface area (Å²) in [4.78, 5) is 7.11. The smallest absolute Gasteiger partial charge is 0.240 e. The zero-order valence-corrected chi connectivity index (χ0v) is 16.9. The lowest BCUT2D eigenvalue weighted by Crippen LogP contribution is -2.45. The molecule has 3 aliphatic rings. The minimum absolute atomic E-state index is 0.198. The molecule has 1 aromatic carbocycles. The highest BCUT2D eigenvalue weighted by atomic mass is 16.6. The number of hydrogen-bond acceptors (Lipinski definition) is 6. The molecule has 1 saturated carbocycles. The van der Waals surface area contributed by atoms with E-state index in [2.05, 4.69) is 41.0 Å². The monoisotopic (exact) mass is 383 g/mol.